The fourth-order valence-corrected chi connectivity index (χ4v) is 3.43. The first-order valence-electron chi connectivity index (χ1n) is 7.18. The fourth-order valence-electron chi connectivity index (χ4n) is 2.61. The van der Waals surface area contributed by atoms with Crippen LogP contribution < -0.4 is 5.73 Å². The minimum atomic E-state index is 0.207. The number of hydrogen-bond acceptors (Lipinski definition) is 5. The molecule has 20 heavy (non-hydrogen) atoms. The molecule has 0 radical (unpaired) electrons. The van der Waals surface area contributed by atoms with Gasteiger partial charge in [-0.25, -0.2) is 0 Å². The molecule has 1 aliphatic heterocycles. The van der Waals surface area contributed by atoms with Crippen LogP contribution in [0.4, 0.5) is 0 Å². The molecule has 6 nitrogen and oxygen atoms in total. The van der Waals surface area contributed by atoms with Crippen LogP contribution >= 0.6 is 11.8 Å². The van der Waals surface area contributed by atoms with Gasteiger partial charge < -0.3 is 15.2 Å². The van der Waals surface area contributed by atoms with E-state index in [9.17, 15) is 4.79 Å². The van der Waals surface area contributed by atoms with Crippen LogP contribution in [0.25, 0.3) is 0 Å². The Labute approximate surface area is 124 Å². The maximum absolute atomic E-state index is 12.4. The number of aromatic nitrogens is 3. The molecule has 0 aliphatic carbocycles. The van der Waals surface area contributed by atoms with E-state index >= 15 is 0 Å². The Hall–Kier alpha value is -1.08. The number of rotatable bonds is 5. The number of carbonyl (C=O) groups is 1. The Morgan fingerprint density at radius 1 is 1.45 bits per heavy atom. The average molecular weight is 297 g/mol. The van der Waals surface area contributed by atoms with Gasteiger partial charge in [0.25, 0.3) is 0 Å². The van der Waals surface area contributed by atoms with Gasteiger partial charge in [-0.1, -0.05) is 18.7 Å². The molecule has 0 bridgehead atoms. The second kappa shape index (κ2) is 7.08. The standard InChI is InChI=1S/C13H23N5OS/c1-3-10-6-4-5-7-18(10)12(19)9-20-13-16-15-11(8-14)17(13)2/h10H,3-9,14H2,1-2H3. The van der Waals surface area contributed by atoms with E-state index in [1.807, 2.05) is 16.5 Å². The Bertz CT molecular complexity index is 462. The van der Waals surface area contributed by atoms with E-state index in [1.54, 1.807) is 0 Å². The SMILES string of the molecule is CCC1CCCCN1C(=O)CSc1nnc(CN)n1C. The zero-order chi connectivity index (χ0) is 14.5. The maximum atomic E-state index is 12.4. The molecule has 0 spiro atoms. The van der Waals surface area contributed by atoms with Crippen LogP contribution in [0, 0.1) is 0 Å². The van der Waals surface area contributed by atoms with Crippen molar-refractivity contribution in [2.75, 3.05) is 12.3 Å². The first kappa shape index (κ1) is 15.3. The second-order valence-corrected chi connectivity index (χ2v) is 6.04. The minimum Gasteiger partial charge on any atom is -0.339 e. The third-order valence-electron chi connectivity index (χ3n) is 3.85. The molecular weight excluding hydrogens is 274 g/mol. The van der Waals surface area contributed by atoms with E-state index in [0.717, 1.165) is 36.8 Å². The molecule has 2 heterocycles. The molecule has 1 saturated heterocycles. The van der Waals surface area contributed by atoms with Crippen molar-refractivity contribution in [3.63, 3.8) is 0 Å². The van der Waals surface area contributed by atoms with Gasteiger partial charge in [-0.05, 0) is 25.7 Å². The van der Waals surface area contributed by atoms with Gasteiger partial charge in [0, 0.05) is 19.6 Å². The van der Waals surface area contributed by atoms with Gasteiger partial charge in [-0.15, -0.1) is 10.2 Å². The fraction of sp³-hybridized carbons (Fsp3) is 0.769. The van der Waals surface area contributed by atoms with Gasteiger partial charge in [0.05, 0.1) is 12.3 Å². The number of thioether (sulfide) groups is 1. The lowest BCUT2D eigenvalue weighted by Gasteiger charge is -2.35. The summed E-state index contributed by atoms with van der Waals surface area (Å²) in [6.07, 6.45) is 4.53. The van der Waals surface area contributed by atoms with Gasteiger partial charge >= 0.3 is 0 Å². The Balaban J connectivity index is 1.92. The predicted molar refractivity (Wildman–Crippen MR) is 79.3 cm³/mol. The maximum Gasteiger partial charge on any atom is 0.233 e. The van der Waals surface area contributed by atoms with Crippen LogP contribution in [0.3, 0.4) is 0 Å². The Kier molecular flexibility index (Phi) is 5.42. The summed E-state index contributed by atoms with van der Waals surface area (Å²) in [6.45, 7) is 3.41. The van der Waals surface area contributed by atoms with Crippen LogP contribution in [0.2, 0.25) is 0 Å². The molecular formula is C13H23N5OS. The highest BCUT2D eigenvalue weighted by Gasteiger charge is 2.25. The number of carbonyl (C=O) groups excluding carboxylic acids is 1. The third-order valence-corrected chi connectivity index (χ3v) is 4.86. The Morgan fingerprint density at radius 2 is 2.25 bits per heavy atom. The molecule has 0 saturated carbocycles. The largest absolute Gasteiger partial charge is 0.339 e. The van der Waals surface area contributed by atoms with Crippen LogP contribution in [0.1, 0.15) is 38.4 Å². The van der Waals surface area contributed by atoms with E-state index in [4.69, 9.17) is 5.73 Å². The number of nitrogens with zero attached hydrogens (tertiary/aromatic N) is 4. The van der Waals surface area contributed by atoms with E-state index in [1.165, 1.54) is 18.2 Å². The van der Waals surface area contributed by atoms with Crippen LogP contribution in [0.5, 0.6) is 0 Å². The number of piperidine rings is 1. The van der Waals surface area contributed by atoms with E-state index < -0.39 is 0 Å². The lowest BCUT2D eigenvalue weighted by atomic mass is 10.0. The molecule has 7 heteroatoms. The van der Waals surface area contributed by atoms with Gasteiger partial charge in [0.1, 0.15) is 5.82 Å². The molecule has 1 aromatic rings. The number of hydrogen-bond donors (Lipinski definition) is 1. The van der Waals surface area contributed by atoms with E-state index in [0.29, 0.717) is 18.3 Å². The highest BCUT2D eigenvalue weighted by atomic mass is 32.2. The van der Waals surface area contributed by atoms with Crippen molar-refractivity contribution in [2.24, 2.45) is 12.8 Å². The molecule has 1 unspecified atom stereocenters. The van der Waals surface area contributed by atoms with Gasteiger partial charge in [0.2, 0.25) is 5.91 Å². The summed E-state index contributed by atoms with van der Waals surface area (Å²) >= 11 is 1.44. The molecule has 0 aromatic carbocycles. The molecule has 1 aliphatic rings. The van der Waals surface area contributed by atoms with Crippen molar-refractivity contribution in [1.82, 2.24) is 19.7 Å². The Morgan fingerprint density at radius 3 is 2.90 bits per heavy atom. The zero-order valence-corrected chi connectivity index (χ0v) is 13.0. The van der Waals surface area contributed by atoms with Crippen LogP contribution in [-0.2, 0) is 18.4 Å². The van der Waals surface area contributed by atoms with Crippen molar-refractivity contribution in [1.29, 1.82) is 0 Å². The number of likely N-dealkylation sites (tertiary alicyclic amines) is 1. The van der Waals surface area contributed by atoms with Gasteiger partial charge in [-0.2, -0.15) is 0 Å². The lowest BCUT2D eigenvalue weighted by Crippen LogP contribution is -2.44. The van der Waals surface area contributed by atoms with Crippen molar-refractivity contribution in [3.05, 3.63) is 5.82 Å². The van der Waals surface area contributed by atoms with Gasteiger partial charge in [-0.3, -0.25) is 4.79 Å². The lowest BCUT2D eigenvalue weighted by molar-refractivity contribution is -0.132. The van der Waals surface area contributed by atoms with E-state index in [-0.39, 0.29) is 5.91 Å². The van der Waals surface area contributed by atoms with Crippen molar-refractivity contribution < 1.29 is 4.79 Å². The first-order valence-corrected chi connectivity index (χ1v) is 8.16. The summed E-state index contributed by atoms with van der Waals surface area (Å²) in [5.74, 6) is 1.37. The van der Waals surface area contributed by atoms with Crippen LogP contribution in [-0.4, -0.2) is 43.9 Å². The highest BCUT2D eigenvalue weighted by Crippen LogP contribution is 2.22. The molecule has 1 aromatic heterocycles. The van der Waals surface area contributed by atoms with Crippen molar-refractivity contribution in [3.8, 4) is 0 Å². The summed E-state index contributed by atoms with van der Waals surface area (Å²) in [5.41, 5.74) is 5.57. The minimum absolute atomic E-state index is 0.207. The smallest absolute Gasteiger partial charge is 0.233 e. The highest BCUT2D eigenvalue weighted by molar-refractivity contribution is 7.99. The third kappa shape index (κ3) is 3.32. The zero-order valence-electron chi connectivity index (χ0n) is 12.2. The monoisotopic (exact) mass is 297 g/mol. The summed E-state index contributed by atoms with van der Waals surface area (Å²) in [7, 11) is 1.88. The number of amides is 1. The molecule has 2 N–H and O–H groups in total. The molecule has 1 amide bonds. The summed E-state index contributed by atoms with van der Waals surface area (Å²) in [6, 6.07) is 0.413. The molecule has 1 atom stereocenters. The van der Waals surface area contributed by atoms with Crippen LogP contribution in [0.15, 0.2) is 5.16 Å². The first-order chi connectivity index (χ1) is 9.67. The normalized spacial score (nSPS) is 19.4. The van der Waals surface area contributed by atoms with Crippen molar-refractivity contribution in [2.45, 2.75) is 50.4 Å². The van der Waals surface area contributed by atoms with Gasteiger partial charge in [0.15, 0.2) is 5.16 Å². The average Bonchev–Trinajstić information content (AvgIpc) is 2.85. The molecule has 112 valence electrons. The van der Waals surface area contributed by atoms with E-state index in [2.05, 4.69) is 17.1 Å². The summed E-state index contributed by atoms with van der Waals surface area (Å²) in [4.78, 5) is 14.4. The predicted octanol–water partition coefficient (Wildman–Crippen LogP) is 1.16. The summed E-state index contributed by atoms with van der Waals surface area (Å²) in [5, 5.41) is 8.82. The molecule has 2 rings (SSSR count). The number of nitrogens with two attached hydrogens (primary N) is 1. The molecule has 1 fully saturated rings. The second-order valence-electron chi connectivity index (χ2n) is 5.10. The topological polar surface area (TPSA) is 77.0 Å². The quantitative estimate of drug-likeness (QED) is 0.825. The van der Waals surface area contributed by atoms with Crippen molar-refractivity contribution >= 4 is 17.7 Å². The summed E-state index contributed by atoms with van der Waals surface area (Å²) < 4.78 is 1.85.